The van der Waals surface area contributed by atoms with E-state index in [0.717, 1.165) is 154 Å². The zero-order valence-electron chi connectivity index (χ0n) is 98.6. The van der Waals surface area contributed by atoms with E-state index in [1.807, 2.05) is 0 Å². The molecule has 0 aromatic heterocycles. The highest BCUT2D eigenvalue weighted by Gasteiger charge is 2.21. The van der Waals surface area contributed by atoms with E-state index in [9.17, 15) is 0 Å². The predicted octanol–water partition coefficient (Wildman–Crippen LogP) is 47.1. The SMILES string of the molecule is CC(C)C(C(C)C)C(C)C.CC(C)CCCC(C)CCCC(C)CCCC(C)C.CCC(C(C)C)C(C)C.CCC(C)C.CCC(C)C.CCC(C)C.CCC(C)C.CCC(C)C(C)C.CCC(C)CC.CCC(C)CC.CCC(C)CC.CCCC(C)CC.CCCC(CCC)C(C)C.CCCCC(C)CC.CCCCC(CCCC)CC(C)C. The van der Waals surface area contributed by atoms with E-state index in [1.165, 1.54) is 250 Å². The topological polar surface area (TPSA) is 0 Å². The van der Waals surface area contributed by atoms with E-state index in [2.05, 4.69) is 388 Å². The van der Waals surface area contributed by atoms with Crippen LogP contribution in [0.3, 0.4) is 0 Å². The highest BCUT2D eigenvalue weighted by molar-refractivity contribution is 4.70. The van der Waals surface area contributed by atoms with Crippen LogP contribution in [0.4, 0.5) is 0 Å². The molecule has 5 unspecified atom stereocenters. The Morgan fingerprint density at radius 1 is 0.149 bits per heavy atom. The van der Waals surface area contributed by atoms with Gasteiger partial charge < -0.3 is 0 Å². The fourth-order valence-corrected chi connectivity index (χ4v) is 13.3. The molecular formula is C121H272. The second-order valence-electron chi connectivity index (χ2n) is 44.6. The molecule has 0 saturated carbocycles. The third-order valence-electron chi connectivity index (χ3n) is 26.3. The first-order valence-electron chi connectivity index (χ1n) is 56.2. The second-order valence-corrected chi connectivity index (χ2v) is 44.6. The Labute approximate surface area is 787 Å². The average molecular weight is 1730 g/mol. The van der Waals surface area contributed by atoms with Gasteiger partial charge in [-0.25, -0.2) is 0 Å². The van der Waals surface area contributed by atoms with E-state index in [4.69, 9.17) is 0 Å². The van der Waals surface area contributed by atoms with Crippen LogP contribution in [0.15, 0.2) is 0 Å². The smallest absolute Gasteiger partial charge is 0.0345 e. The van der Waals surface area contributed by atoms with Gasteiger partial charge in [0.15, 0.2) is 0 Å². The van der Waals surface area contributed by atoms with E-state index in [0.29, 0.717) is 0 Å². The summed E-state index contributed by atoms with van der Waals surface area (Å²) in [6.45, 7) is 128. The average Bonchev–Trinajstić information content (AvgIpc) is 0.840. The Balaban J connectivity index is -0.0000000780. The van der Waals surface area contributed by atoms with Crippen molar-refractivity contribution in [3.05, 3.63) is 0 Å². The Bertz CT molecular complexity index is 1450. The van der Waals surface area contributed by atoms with Crippen molar-refractivity contribution < 1.29 is 0 Å². The van der Waals surface area contributed by atoms with Crippen LogP contribution in [0.25, 0.3) is 0 Å². The minimum absolute atomic E-state index is 0.833. The minimum Gasteiger partial charge on any atom is -0.0654 e. The molecule has 5 atom stereocenters. The van der Waals surface area contributed by atoms with Crippen LogP contribution in [-0.2, 0) is 0 Å². The van der Waals surface area contributed by atoms with Crippen LogP contribution >= 0.6 is 0 Å². The molecule has 0 N–H and O–H groups in total. The predicted molar refractivity (Wildman–Crippen MR) is 589 cm³/mol. The zero-order chi connectivity index (χ0) is 98.6. The Hall–Kier alpha value is 0. The van der Waals surface area contributed by atoms with Crippen molar-refractivity contribution in [2.24, 2.45) is 154 Å². The minimum atomic E-state index is 0.833. The van der Waals surface area contributed by atoms with Gasteiger partial charge in [-0.3, -0.25) is 0 Å². The number of hydrogen-bond acceptors (Lipinski definition) is 0. The molecule has 0 aliphatic heterocycles. The van der Waals surface area contributed by atoms with Gasteiger partial charge in [0.05, 0.1) is 0 Å². The zero-order valence-corrected chi connectivity index (χ0v) is 98.6. The fraction of sp³-hybridized carbons (Fsp3) is 1.00. The van der Waals surface area contributed by atoms with Crippen LogP contribution in [0.2, 0.25) is 0 Å². The van der Waals surface area contributed by atoms with Gasteiger partial charge in [-0.1, -0.05) is 632 Å². The third-order valence-corrected chi connectivity index (χ3v) is 26.3. The lowest BCUT2D eigenvalue weighted by molar-refractivity contribution is 0.212. The van der Waals surface area contributed by atoms with Crippen LogP contribution in [0, 0.1) is 154 Å². The first-order valence-corrected chi connectivity index (χ1v) is 56.2. The van der Waals surface area contributed by atoms with Gasteiger partial charge in [0.1, 0.15) is 0 Å². The molecule has 0 heteroatoms. The van der Waals surface area contributed by atoms with Gasteiger partial charge in [0.25, 0.3) is 0 Å². The van der Waals surface area contributed by atoms with Crippen molar-refractivity contribution in [3.63, 3.8) is 0 Å². The van der Waals surface area contributed by atoms with E-state index in [-0.39, 0.29) is 0 Å². The van der Waals surface area contributed by atoms with Gasteiger partial charge >= 0.3 is 0 Å². The van der Waals surface area contributed by atoms with E-state index < -0.39 is 0 Å². The van der Waals surface area contributed by atoms with Crippen molar-refractivity contribution in [1.82, 2.24) is 0 Å². The largest absolute Gasteiger partial charge is 0.0654 e. The van der Waals surface area contributed by atoms with E-state index >= 15 is 0 Å². The van der Waals surface area contributed by atoms with Crippen molar-refractivity contribution in [2.45, 2.75) is 638 Å². The first-order chi connectivity index (χ1) is 56.2. The molecule has 0 radical (unpaired) electrons. The summed E-state index contributed by atoms with van der Waals surface area (Å²) >= 11 is 0. The maximum absolute atomic E-state index is 2.45. The summed E-state index contributed by atoms with van der Waals surface area (Å²) in [4.78, 5) is 0. The molecule has 0 spiro atoms. The Kier molecular flexibility index (Phi) is 159. The lowest BCUT2D eigenvalue weighted by Gasteiger charge is -2.28. The quantitative estimate of drug-likeness (QED) is 0.0569. The molecule has 0 aliphatic carbocycles. The van der Waals surface area contributed by atoms with Crippen molar-refractivity contribution in [3.8, 4) is 0 Å². The summed E-state index contributed by atoms with van der Waals surface area (Å²) in [7, 11) is 0. The van der Waals surface area contributed by atoms with Gasteiger partial charge in [-0.05, 0) is 160 Å². The summed E-state index contributed by atoms with van der Waals surface area (Å²) in [5.74, 6) is 23.5. The first kappa shape index (κ1) is 155. The molecule has 0 saturated heterocycles. The van der Waals surface area contributed by atoms with Crippen molar-refractivity contribution in [2.75, 3.05) is 0 Å². The Morgan fingerprint density at radius 3 is 0.504 bits per heavy atom. The molecule has 0 fully saturated rings. The number of rotatable bonds is 50. The van der Waals surface area contributed by atoms with Gasteiger partial charge in [0.2, 0.25) is 0 Å². The highest BCUT2D eigenvalue weighted by atomic mass is 14.3. The van der Waals surface area contributed by atoms with Crippen LogP contribution in [0.5, 0.6) is 0 Å². The molecule has 0 rings (SSSR count). The highest BCUT2D eigenvalue weighted by Crippen LogP contribution is 2.29. The summed E-state index contributed by atoms with van der Waals surface area (Å²) < 4.78 is 0. The van der Waals surface area contributed by atoms with Gasteiger partial charge in [-0.2, -0.15) is 0 Å². The fourth-order valence-electron chi connectivity index (χ4n) is 13.3. The molecule has 756 valence electrons. The maximum atomic E-state index is 2.45. The van der Waals surface area contributed by atoms with Crippen LogP contribution in [0.1, 0.15) is 638 Å². The van der Waals surface area contributed by atoms with Crippen molar-refractivity contribution in [1.29, 1.82) is 0 Å². The summed E-state index contributed by atoms with van der Waals surface area (Å²) in [5.41, 5.74) is 0. The summed E-state index contributed by atoms with van der Waals surface area (Å²) in [6, 6.07) is 0. The lowest BCUT2D eigenvalue weighted by Crippen LogP contribution is -2.21. The molecular weight excluding hydrogens is 1450 g/mol. The number of hydrogen-bond donors (Lipinski definition) is 0. The molecule has 0 amide bonds. The summed E-state index contributed by atoms with van der Waals surface area (Å²) in [6.07, 6.45) is 53.9. The van der Waals surface area contributed by atoms with Gasteiger partial charge in [0, 0.05) is 0 Å². The third kappa shape index (κ3) is 170. The molecule has 121 heavy (non-hydrogen) atoms. The van der Waals surface area contributed by atoms with Crippen LogP contribution in [-0.4, -0.2) is 0 Å². The molecule has 0 heterocycles. The molecule has 0 aromatic rings. The molecule has 0 bridgehead atoms. The molecule has 0 aliphatic rings. The number of unbranched alkanes of at least 4 members (excludes halogenated alkanes) is 3. The maximum Gasteiger partial charge on any atom is -0.0345 e. The molecule has 0 aromatic carbocycles. The van der Waals surface area contributed by atoms with Gasteiger partial charge in [-0.15, -0.1) is 0 Å². The Morgan fingerprint density at radius 2 is 0.380 bits per heavy atom. The normalized spacial score (nSPS) is 12.2. The van der Waals surface area contributed by atoms with Crippen molar-refractivity contribution >= 4 is 0 Å². The van der Waals surface area contributed by atoms with E-state index in [1.54, 1.807) is 0 Å². The standard InChI is InChI=1S/C19H40.C13H28.2C10H22.C9H20.C8H18.2C7H16.3C6H14.4C5H12/c1-16(2)10-7-12-18(5)14-9-15-19(6)13-8-11-17(3)4;1-5-7-9-13(10-8-6-2)11-12(3)4;1-7(2)10(8(3)4)9(5)6;1-5-7-10(8-6-2)9(3)4;1-6-9(7(2)3)8(4)5;1-4-6-7-8(3)5-2;1-5-7(4)6(2)3;1-4-6-7(3)5-2;3*1-4-6(3)5-2;4*1-4-5(2)3/h16-19H,7-15H2,1-6H3;12-13H,5-11H2,1-4H3;7-10H,1-6H3;9-10H,5-8H2,1-4H3;7-9H,6H2,1-5H3;8H,4-7H2,1-3H3;6-7H,5H2,1-4H3;7H,4-6H2,1-3H3;3*6H,4-5H2,1-3H3;4*5H,4H2,1-3H3. The molecule has 0 nitrogen and oxygen atoms in total. The van der Waals surface area contributed by atoms with Crippen LogP contribution < -0.4 is 0 Å². The summed E-state index contributed by atoms with van der Waals surface area (Å²) in [5, 5.41) is 0. The lowest BCUT2D eigenvalue weighted by atomic mass is 9.78. The second kappa shape index (κ2) is 124. The monoisotopic (exact) mass is 1730 g/mol.